The summed E-state index contributed by atoms with van der Waals surface area (Å²) in [5.74, 6) is -0.115. The van der Waals surface area contributed by atoms with Gasteiger partial charge < -0.3 is 14.6 Å². The lowest BCUT2D eigenvalue weighted by Crippen LogP contribution is -2.10. The van der Waals surface area contributed by atoms with Crippen molar-refractivity contribution >= 4 is 17.3 Å². The molecule has 1 aromatic rings. The van der Waals surface area contributed by atoms with E-state index in [2.05, 4.69) is 5.10 Å². The quantitative estimate of drug-likeness (QED) is 0.480. The first-order chi connectivity index (χ1) is 9.15. The molecule has 106 valence electrons. The second-order valence-electron chi connectivity index (χ2n) is 4.09. The number of hydrogen-bond donors (Lipinski definition) is 1. The third-order valence-corrected chi connectivity index (χ3v) is 3.13. The van der Waals surface area contributed by atoms with E-state index in [0.717, 1.165) is 0 Å². The molecular formula is C10H14ClN3O5. The van der Waals surface area contributed by atoms with Gasteiger partial charge in [0.05, 0.1) is 24.2 Å². The molecule has 2 rings (SSSR count). The van der Waals surface area contributed by atoms with Crippen LogP contribution in [0.5, 0.6) is 5.88 Å². The fourth-order valence-corrected chi connectivity index (χ4v) is 2.15. The summed E-state index contributed by atoms with van der Waals surface area (Å²) in [5.41, 5.74) is -0.341. The van der Waals surface area contributed by atoms with Crippen LogP contribution in [0.2, 0.25) is 5.15 Å². The summed E-state index contributed by atoms with van der Waals surface area (Å²) in [6.45, 7) is 1.09. The Balaban J connectivity index is 2.25. The zero-order valence-electron chi connectivity index (χ0n) is 10.1. The van der Waals surface area contributed by atoms with Gasteiger partial charge in [0.2, 0.25) is 5.15 Å². The van der Waals surface area contributed by atoms with E-state index in [9.17, 15) is 10.1 Å². The standard InChI is InChI=1S/C10H14ClN3O5/c11-9-8(14(16)17)10(19-4-1-3-15)12-13(9)7-2-5-18-6-7/h7,15H,1-6H2. The van der Waals surface area contributed by atoms with Gasteiger partial charge in [-0.1, -0.05) is 11.6 Å². The van der Waals surface area contributed by atoms with Gasteiger partial charge in [-0.3, -0.25) is 10.1 Å². The molecule has 1 aromatic heterocycles. The first kappa shape index (κ1) is 14.0. The van der Waals surface area contributed by atoms with Crippen LogP contribution >= 0.6 is 11.6 Å². The monoisotopic (exact) mass is 291 g/mol. The van der Waals surface area contributed by atoms with Crippen molar-refractivity contribution in [3.63, 3.8) is 0 Å². The summed E-state index contributed by atoms with van der Waals surface area (Å²) >= 11 is 5.99. The minimum Gasteiger partial charge on any atom is -0.472 e. The second-order valence-corrected chi connectivity index (χ2v) is 4.45. The van der Waals surface area contributed by atoms with Crippen molar-refractivity contribution < 1.29 is 19.5 Å². The number of aromatic nitrogens is 2. The van der Waals surface area contributed by atoms with Crippen molar-refractivity contribution in [3.05, 3.63) is 15.3 Å². The van der Waals surface area contributed by atoms with Gasteiger partial charge in [-0.25, -0.2) is 4.68 Å². The molecule has 19 heavy (non-hydrogen) atoms. The largest absolute Gasteiger partial charge is 0.472 e. The molecule has 0 amide bonds. The molecule has 9 heteroatoms. The number of aliphatic hydroxyl groups is 1. The topological polar surface area (TPSA) is 99.7 Å². The van der Waals surface area contributed by atoms with Crippen LogP contribution in [0, 0.1) is 10.1 Å². The van der Waals surface area contributed by atoms with Crippen LogP contribution in [0.4, 0.5) is 5.69 Å². The maximum Gasteiger partial charge on any atom is 0.368 e. The van der Waals surface area contributed by atoms with E-state index in [4.69, 9.17) is 26.2 Å². The molecule has 1 aliphatic rings. The van der Waals surface area contributed by atoms with Crippen LogP contribution in [0.3, 0.4) is 0 Å². The Morgan fingerprint density at radius 2 is 2.47 bits per heavy atom. The molecule has 1 aliphatic heterocycles. The Morgan fingerprint density at radius 1 is 1.68 bits per heavy atom. The van der Waals surface area contributed by atoms with Gasteiger partial charge >= 0.3 is 11.6 Å². The zero-order valence-corrected chi connectivity index (χ0v) is 10.9. The maximum absolute atomic E-state index is 11.0. The van der Waals surface area contributed by atoms with Gasteiger partial charge in [0.15, 0.2) is 0 Å². The van der Waals surface area contributed by atoms with E-state index < -0.39 is 4.92 Å². The summed E-state index contributed by atoms with van der Waals surface area (Å²) in [6.07, 6.45) is 1.07. The highest BCUT2D eigenvalue weighted by atomic mass is 35.5. The lowest BCUT2D eigenvalue weighted by molar-refractivity contribution is -0.385. The number of aliphatic hydroxyl groups excluding tert-OH is 1. The van der Waals surface area contributed by atoms with E-state index in [-0.39, 0.29) is 36.0 Å². The first-order valence-electron chi connectivity index (χ1n) is 5.89. The van der Waals surface area contributed by atoms with Crippen LogP contribution in [-0.4, -0.2) is 46.2 Å². The van der Waals surface area contributed by atoms with Crippen molar-refractivity contribution in [2.75, 3.05) is 26.4 Å². The Bertz CT molecular complexity index is 458. The number of halogens is 1. The Morgan fingerprint density at radius 3 is 3.05 bits per heavy atom. The van der Waals surface area contributed by atoms with Gasteiger partial charge in [0.25, 0.3) is 0 Å². The highest BCUT2D eigenvalue weighted by molar-refractivity contribution is 6.32. The molecule has 0 spiro atoms. The molecule has 1 N–H and O–H groups in total. The van der Waals surface area contributed by atoms with Crippen molar-refractivity contribution in [3.8, 4) is 5.88 Å². The maximum atomic E-state index is 11.0. The molecule has 0 aliphatic carbocycles. The molecule has 1 saturated heterocycles. The van der Waals surface area contributed by atoms with Crippen LogP contribution in [-0.2, 0) is 4.74 Å². The number of hydrogen-bond acceptors (Lipinski definition) is 6. The summed E-state index contributed by atoms with van der Waals surface area (Å²) in [4.78, 5) is 10.4. The highest BCUT2D eigenvalue weighted by Crippen LogP contribution is 2.37. The van der Waals surface area contributed by atoms with Gasteiger partial charge in [-0.15, -0.1) is 5.10 Å². The third kappa shape index (κ3) is 2.96. The van der Waals surface area contributed by atoms with E-state index in [0.29, 0.717) is 26.1 Å². The van der Waals surface area contributed by atoms with E-state index in [1.54, 1.807) is 0 Å². The highest BCUT2D eigenvalue weighted by Gasteiger charge is 2.32. The van der Waals surface area contributed by atoms with Crippen LogP contribution in [0.25, 0.3) is 0 Å². The summed E-state index contributed by atoms with van der Waals surface area (Å²) in [7, 11) is 0. The summed E-state index contributed by atoms with van der Waals surface area (Å²) in [5, 5.41) is 23.7. The molecule has 1 unspecified atom stereocenters. The molecule has 8 nitrogen and oxygen atoms in total. The van der Waals surface area contributed by atoms with E-state index in [1.165, 1.54) is 4.68 Å². The van der Waals surface area contributed by atoms with Crippen molar-refractivity contribution in [1.82, 2.24) is 9.78 Å². The number of ether oxygens (including phenoxy) is 2. The van der Waals surface area contributed by atoms with Crippen LogP contribution in [0.1, 0.15) is 18.9 Å². The van der Waals surface area contributed by atoms with Crippen molar-refractivity contribution in [2.24, 2.45) is 0 Å². The Labute approximate surface area is 114 Å². The minimum atomic E-state index is -0.615. The van der Waals surface area contributed by atoms with Crippen molar-refractivity contribution in [2.45, 2.75) is 18.9 Å². The predicted octanol–water partition coefficient (Wildman–Crippen LogP) is 1.17. The number of rotatable bonds is 6. The average molecular weight is 292 g/mol. The van der Waals surface area contributed by atoms with Crippen LogP contribution in [0.15, 0.2) is 0 Å². The second kappa shape index (κ2) is 6.18. The van der Waals surface area contributed by atoms with Crippen molar-refractivity contribution in [1.29, 1.82) is 0 Å². The molecule has 0 aromatic carbocycles. The molecule has 0 radical (unpaired) electrons. The Hall–Kier alpha value is -1.38. The van der Waals surface area contributed by atoms with Gasteiger partial charge in [0, 0.05) is 19.6 Å². The predicted molar refractivity (Wildman–Crippen MR) is 65.6 cm³/mol. The van der Waals surface area contributed by atoms with E-state index >= 15 is 0 Å². The zero-order chi connectivity index (χ0) is 13.8. The fraction of sp³-hybridized carbons (Fsp3) is 0.700. The lowest BCUT2D eigenvalue weighted by atomic mass is 10.3. The average Bonchev–Trinajstić information content (AvgIpc) is 2.97. The third-order valence-electron chi connectivity index (χ3n) is 2.77. The molecule has 1 fully saturated rings. The number of nitrogens with zero attached hydrogens (tertiary/aromatic N) is 3. The smallest absolute Gasteiger partial charge is 0.368 e. The SMILES string of the molecule is O=[N+]([O-])c1c(OCCCO)nn(C2CCOC2)c1Cl. The normalized spacial score (nSPS) is 18.7. The molecule has 0 saturated carbocycles. The fourth-order valence-electron chi connectivity index (χ4n) is 1.83. The Kier molecular flexibility index (Phi) is 4.56. The van der Waals surface area contributed by atoms with Gasteiger partial charge in [-0.05, 0) is 6.42 Å². The summed E-state index contributed by atoms with van der Waals surface area (Å²) in [6, 6.07) is -0.110. The van der Waals surface area contributed by atoms with Crippen LogP contribution < -0.4 is 4.74 Å². The minimum absolute atomic E-state index is 0.0560. The summed E-state index contributed by atoms with van der Waals surface area (Å²) < 4.78 is 11.8. The molecular weight excluding hydrogens is 278 g/mol. The lowest BCUT2D eigenvalue weighted by Gasteiger charge is -2.07. The molecule has 0 bridgehead atoms. The first-order valence-corrected chi connectivity index (χ1v) is 6.26. The van der Waals surface area contributed by atoms with Gasteiger partial charge in [-0.2, -0.15) is 0 Å². The number of nitro groups is 1. The molecule has 2 heterocycles. The molecule has 1 atom stereocenters. The van der Waals surface area contributed by atoms with Gasteiger partial charge in [0.1, 0.15) is 0 Å². The van der Waals surface area contributed by atoms with E-state index in [1.807, 2.05) is 0 Å².